The first-order valence-electron chi connectivity index (χ1n) is 10.7. The second-order valence-electron chi connectivity index (χ2n) is 8.49. The standard InChI is InChI=1S/C23H30N2O4/c1-15-22(23(28)24-11-9-16(10-12-24)13-21(26)27)19-14-18(29-2)7-8-20(19)25(15)17-5-3-4-6-17/h7-8,14,16-17H,3-6,9-13H2,1-2H3,(H,26,27). The molecule has 2 aromatic rings. The number of amides is 1. The van der Waals surface area contributed by atoms with Gasteiger partial charge in [0.2, 0.25) is 0 Å². The van der Waals surface area contributed by atoms with E-state index in [-0.39, 0.29) is 18.2 Å². The molecule has 6 heteroatoms. The third kappa shape index (κ3) is 3.72. The van der Waals surface area contributed by atoms with Crippen LogP contribution in [0, 0.1) is 12.8 Å². The summed E-state index contributed by atoms with van der Waals surface area (Å²) in [6.45, 7) is 3.31. The summed E-state index contributed by atoms with van der Waals surface area (Å²) in [5, 5.41) is 10.00. The number of ether oxygens (including phenoxy) is 1. The lowest BCUT2D eigenvalue weighted by Crippen LogP contribution is -2.39. The maximum atomic E-state index is 13.5. The van der Waals surface area contributed by atoms with Crippen molar-refractivity contribution in [3.63, 3.8) is 0 Å². The van der Waals surface area contributed by atoms with Gasteiger partial charge in [0, 0.05) is 42.1 Å². The molecule has 1 aromatic heterocycles. The number of carbonyl (C=O) groups excluding carboxylic acids is 1. The average molecular weight is 399 g/mol. The van der Waals surface area contributed by atoms with E-state index in [2.05, 4.69) is 17.6 Å². The van der Waals surface area contributed by atoms with Crippen LogP contribution in [0.4, 0.5) is 0 Å². The summed E-state index contributed by atoms with van der Waals surface area (Å²) in [6.07, 6.45) is 6.49. The zero-order valence-corrected chi connectivity index (χ0v) is 17.3. The van der Waals surface area contributed by atoms with Gasteiger partial charge in [-0.15, -0.1) is 0 Å². The number of benzene rings is 1. The average Bonchev–Trinajstić information content (AvgIpc) is 3.32. The van der Waals surface area contributed by atoms with E-state index in [9.17, 15) is 9.59 Å². The van der Waals surface area contributed by atoms with Crippen molar-refractivity contribution in [1.29, 1.82) is 0 Å². The molecule has 4 rings (SSSR count). The lowest BCUT2D eigenvalue weighted by Gasteiger charge is -2.31. The number of carboxylic acids is 1. The van der Waals surface area contributed by atoms with Crippen LogP contribution in [0.5, 0.6) is 5.75 Å². The van der Waals surface area contributed by atoms with Crippen LogP contribution in [0.2, 0.25) is 0 Å². The monoisotopic (exact) mass is 398 g/mol. The van der Waals surface area contributed by atoms with Crippen LogP contribution in [0.1, 0.15) is 67.0 Å². The highest BCUT2D eigenvalue weighted by molar-refractivity contribution is 6.09. The third-order valence-electron chi connectivity index (χ3n) is 6.72. The second-order valence-corrected chi connectivity index (χ2v) is 8.49. The molecule has 0 radical (unpaired) electrons. The summed E-state index contributed by atoms with van der Waals surface area (Å²) in [6, 6.07) is 6.49. The summed E-state index contributed by atoms with van der Waals surface area (Å²) in [5.41, 5.74) is 2.93. The van der Waals surface area contributed by atoms with Gasteiger partial charge in [-0.25, -0.2) is 0 Å². The number of carbonyl (C=O) groups is 2. The molecule has 0 bridgehead atoms. The molecule has 0 spiro atoms. The minimum atomic E-state index is -0.752. The van der Waals surface area contributed by atoms with Gasteiger partial charge < -0.3 is 19.3 Å². The fraction of sp³-hybridized carbons (Fsp3) is 0.565. The Morgan fingerprint density at radius 1 is 1.14 bits per heavy atom. The lowest BCUT2D eigenvalue weighted by molar-refractivity contribution is -0.138. The molecule has 2 fully saturated rings. The van der Waals surface area contributed by atoms with Gasteiger partial charge in [0.1, 0.15) is 5.75 Å². The van der Waals surface area contributed by atoms with Crippen molar-refractivity contribution in [2.75, 3.05) is 20.2 Å². The molecular formula is C23H30N2O4. The van der Waals surface area contributed by atoms with Crippen LogP contribution in [-0.2, 0) is 4.79 Å². The molecule has 6 nitrogen and oxygen atoms in total. The van der Waals surface area contributed by atoms with Crippen molar-refractivity contribution >= 4 is 22.8 Å². The maximum Gasteiger partial charge on any atom is 0.303 e. The van der Waals surface area contributed by atoms with E-state index in [1.165, 1.54) is 12.8 Å². The van der Waals surface area contributed by atoms with E-state index < -0.39 is 5.97 Å². The summed E-state index contributed by atoms with van der Waals surface area (Å²) in [5.74, 6) is 0.233. The number of aliphatic carboxylic acids is 1. The van der Waals surface area contributed by atoms with Gasteiger partial charge in [0.15, 0.2) is 0 Å². The van der Waals surface area contributed by atoms with Crippen LogP contribution in [0.15, 0.2) is 18.2 Å². The molecule has 0 unspecified atom stereocenters. The Kier molecular flexibility index (Phi) is 5.52. The largest absolute Gasteiger partial charge is 0.497 e. The molecule has 0 atom stereocenters. The molecule has 1 saturated heterocycles. The zero-order valence-electron chi connectivity index (χ0n) is 17.3. The van der Waals surface area contributed by atoms with Gasteiger partial charge in [-0.05, 0) is 56.7 Å². The Morgan fingerprint density at radius 3 is 2.45 bits per heavy atom. The van der Waals surface area contributed by atoms with Crippen LogP contribution in [-0.4, -0.2) is 46.6 Å². The number of hydrogen-bond acceptors (Lipinski definition) is 3. The molecule has 1 aliphatic heterocycles. The van der Waals surface area contributed by atoms with Crippen molar-refractivity contribution in [3.05, 3.63) is 29.5 Å². The number of piperidine rings is 1. The predicted octanol–water partition coefficient (Wildman–Crippen LogP) is 4.40. The third-order valence-corrected chi connectivity index (χ3v) is 6.72. The number of carboxylic acid groups (broad SMARTS) is 1. The number of nitrogens with zero attached hydrogens (tertiary/aromatic N) is 2. The normalized spacial score (nSPS) is 18.5. The molecule has 1 N–H and O–H groups in total. The molecule has 1 aliphatic carbocycles. The van der Waals surface area contributed by atoms with Gasteiger partial charge in [-0.1, -0.05) is 12.8 Å². The van der Waals surface area contributed by atoms with Crippen LogP contribution in [0.25, 0.3) is 10.9 Å². The van der Waals surface area contributed by atoms with E-state index in [0.29, 0.717) is 19.1 Å². The molecule has 29 heavy (non-hydrogen) atoms. The molecule has 1 aromatic carbocycles. The van der Waals surface area contributed by atoms with Crippen LogP contribution >= 0.6 is 0 Å². The van der Waals surface area contributed by atoms with Gasteiger partial charge in [0.25, 0.3) is 5.91 Å². The number of likely N-dealkylation sites (tertiary alicyclic amines) is 1. The minimum absolute atomic E-state index is 0.0614. The molecule has 1 amide bonds. The van der Waals surface area contributed by atoms with Crippen molar-refractivity contribution in [2.45, 2.75) is 57.9 Å². The predicted molar refractivity (Wildman–Crippen MR) is 112 cm³/mol. The Morgan fingerprint density at radius 2 is 1.83 bits per heavy atom. The van der Waals surface area contributed by atoms with E-state index in [1.54, 1.807) is 7.11 Å². The van der Waals surface area contributed by atoms with Crippen LogP contribution < -0.4 is 4.74 Å². The van der Waals surface area contributed by atoms with Crippen molar-refractivity contribution in [3.8, 4) is 5.75 Å². The first-order valence-corrected chi connectivity index (χ1v) is 10.7. The van der Waals surface area contributed by atoms with Crippen molar-refractivity contribution in [2.24, 2.45) is 5.92 Å². The fourth-order valence-corrected chi connectivity index (χ4v) is 5.20. The number of methoxy groups -OCH3 is 1. The highest BCUT2D eigenvalue weighted by Crippen LogP contribution is 2.38. The fourth-order valence-electron chi connectivity index (χ4n) is 5.20. The number of aromatic nitrogens is 1. The summed E-state index contributed by atoms with van der Waals surface area (Å²) < 4.78 is 7.81. The molecule has 2 aliphatic rings. The maximum absolute atomic E-state index is 13.5. The number of rotatable bonds is 5. The Bertz CT molecular complexity index is 919. The van der Waals surface area contributed by atoms with Gasteiger partial charge in [-0.3, -0.25) is 9.59 Å². The van der Waals surface area contributed by atoms with E-state index >= 15 is 0 Å². The van der Waals surface area contributed by atoms with Gasteiger partial charge >= 0.3 is 5.97 Å². The van der Waals surface area contributed by atoms with Gasteiger partial charge in [0.05, 0.1) is 12.7 Å². The molecular weight excluding hydrogens is 368 g/mol. The first-order chi connectivity index (χ1) is 14.0. The summed E-state index contributed by atoms with van der Waals surface area (Å²) >= 11 is 0. The Balaban J connectivity index is 1.68. The highest BCUT2D eigenvalue weighted by atomic mass is 16.5. The lowest BCUT2D eigenvalue weighted by atomic mass is 9.93. The SMILES string of the molecule is COc1ccc2c(c1)c(C(=O)N1CCC(CC(=O)O)CC1)c(C)n2C1CCCC1. The molecule has 2 heterocycles. The van der Waals surface area contributed by atoms with Crippen LogP contribution in [0.3, 0.4) is 0 Å². The minimum Gasteiger partial charge on any atom is -0.497 e. The second kappa shape index (κ2) is 8.09. The van der Waals surface area contributed by atoms with Crippen molar-refractivity contribution < 1.29 is 19.4 Å². The quantitative estimate of drug-likeness (QED) is 0.810. The van der Waals surface area contributed by atoms with Gasteiger partial charge in [-0.2, -0.15) is 0 Å². The zero-order chi connectivity index (χ0) is 20.5. The first kappa shape index (κ1) is 19.8. The number of fused-ring (bicyclic) bond motifs is 1. The molecule has 1 saturated carbocycles. The number of hydrogen-bond donors (Lipinski definition) is 1. The Hall–Kier alpha value is -2.50. The summed E-state index contributed by atoms with van der Waals surface area (Å²) in [7, 11) is 1.65. The molecule has 156 valence electrons. The van der Waals surface area contributed by atoms with E-state index in [4.69, 9.17) is 9.84 Å². The topological polar surface area (TPSA) is 71.8 Å². The Labute approximate surface area is 171 Å². The van der Waals surface area contributed by atoms with E-state index in [1.807, 2.05) is 17.0 Å². The smallest absolute Gasteiger partial charge is 0.303 e. The highest BCUT2D eigenvalue weighted by Gasteiger charge is 2.31. The summed E-state index contributed by atoms with van der Waals surface area (Å²) in [4.78, 5) is 26.4. The van der Waals surface area contributed by atoms with E-state index in [0.717, 1.165) is 53.6 Å². The van der Waals surface area contributed by atoms with Crippen molar-refractivity contribution in [1.82, 2.24) is 9.47 Å².